The number of fused-ring (bicyclic) bond motifs is 1. The molecule has 0 unspecified atom stereocenters. The van der Waals surface area contributed by atoms with Crippen LogP contribution >= 0.6 is 0 Å². The summed E-state index contributed by atoms with van der Waals surface area (Å²) in [5.74, 6) is 0. The molecule has 26 heavy (non-hydrogen) atoms. The average Bonchev–Trinajstić information content (AvgIpc) is 3.40. The molecule has 0 atom stereocenters. The van der Waals surface area contributed by atoms with Crippen LogP contribution in [0.1, 0.15) is 69.0 Å². The van der Waals surface area contributed by atoms with Gasteiger partial charge in [0.2, 0.25) is 0 Å². The summed E-state index contributed by atoms with van der Waals surface area (Å²) in [7, 11) is 1.96. The summed E-state index contributed by atoms with van der Waals surface area (Å²) in [4.78, 5) is 10.7. The van der Waals surface area contributed by atoms with Gasteiger partial charge < -0.3 is 10.2 Å². The third kappa shape index (κ3) is 2.49. The summed E-state index contributed by atoms with van der Waals surface area (Å²) in [5, 5.41) is 14.1. The quantitative estimate of drug-likeness (QED) is 0.903. The molecule has 0 bridgehead atoms. The molecule has 2 aromatic rings. The Morgan fingerprint density at radius 1 is 1.19 bits per heavy atom. The summed E-state index contributed by atoms with van der Waals surface area (Å²) in [6.45, 7) is 2.07. The van der Waals surface area contributed by atoms with Crippen molar-refractivity contribution >= 4 is 22.4 Å². The van der Waals surface area contributed by atoms with Crippen molar-refractivity contribution in [2.45, 2.75) is 76.4 Å². The molecule has 1 aliphatic heterocycles. The van der Waals surface area contributed by atoms with Crippen molar-refractivity contribution in [1.82, 2.24) is 14.8 Å². The average molecular weight is 353 g/mol. The van der Waals surface area contributed by atoms with Gasteiger partial charge in [-0.2, -0.15) is 5.10 Å². The molecule has 5 rings (SSSR count). The lowest BCUT2D eigenvalue weighted by Gasteiger charge is -2.20. The number of aromatic nitrogens is 3. The van der Waals surface area contributed by atoms with Gasteiger partial charge in [-0.1, -0.05) is 18.0 Å². The largest absolute Gasteiger partial charge is 0.389 e. The van der Waals surface area contributed by atoms with Gasteiger partial charge in [-0.25, -0.2) is 4.98 Å². The number of rotatable bonds is 3. The van der Waals surface area contributed by atoms with Crippen LogP contribution in [0, 0.1) is 6.92 Å². The normalized spacial score (nSPS) is 22.3. The number of anilines is 1. The first-order valence-electron chi connectivity index (χ1n) is 9.99. The molecule has 6 heteroatoms. The van der Waals surface area contributed by atoms with Crippen molar-refractivity contribution in [1.29, 1.82) is 0 Å². The first-order chi connectivity index (χ1) is 12.7. The standard InChI is InChI=1S/C20H27N5O/c1-13-17-18(22-14-7-3-4-8-14)15(12-21-19(17)25(2)23-13)16-11-20(26-24-16)9-5-6-10-20/h12,14H,3-11H2,1-2H3,(H,21,22). The molecule has 2 aromatic heterocycles. The number of aryl methyl sites for hydroxylation is 2. The fraction of sp³-hybridized carbons (Fsp3) is 0.650. The van der Waals surface area contributed by atoms with Crippen LogP contribution in [-0.2, 0) is 11.9 Å². The summed E-state index contributed by atoms with van der Waals surface area (Å²) in [6, 6.07) is 0.530. The second kappa shape index (κ2) is 5.96. The first-order valence-corrected chi connectivity index (χ1v) is 9.99. The molecular weight excluding hydrogens is 326 g/mol. The number of hydrogen-bond acceptors (Lipinski definition) is 5. The Morgan fingerprint density at radius 3 is 2.73 bits per heavy atom. The van der Waals surface area contributed by atoms with Gasteiger partial charge in [0, 0.05) is 31.3 Å². The van der Waals surface area contributed by atoms with Crippen molar-refractivity contribution in [2.75, 3.05) is 5.32 Å². The predicted octanol–water partition coefficient (Wildman–Crippen LogP) is 4.07. The molecule has 0 radical (unpaired) electrons. The molecule has 2 aliphatic carbocycles. The second-order valence-electron chi connectivity index (χ2n) is 8.28. The van der Waals surface area contributed by atoms with Crippen LogP contribution in [0.5, 0.6) is 0 Å². The highest BCUT2D eigenvalue weighted by Crippen LogP contribution is 2.42. The zero-order chi connectivity index (χ0) is 17.7. The van der Waals surface area contributed by atoms with E-state index >= 15 is 0 Å². The maximum atomic E-state index is 5.95. The van der Waals surface area contributed by atoms with E-state index in [1.165, 1.54) is 38.5 Å². The van der Waals surface area contributed by atoms with E-state index in [1.54, 1.807) is 0 Å². The topological polar surface area (TPSA) is 64.3 Å². The van der Waals surface area contributed by atoms with Crippen LogP contribution in [0.4, 0.5) is 5.69 Å². The van der Waals surface area contributed by atoms with E-state index in [9.17, 15) is 0 Å². The zero-order valence-corrected chi connectivity index (χ0v) is 15.7. The maximum Gasteiger partial charge on any atom is 0.159 e. The first kappa shape index (κ1) is 16.1. The third-order valence-electron chi connectivity index (χ3n) is 6.40. The third-order valence-corrected chi connectivity index (χ3v) is 6.40. The van der Waals surface area contributed by atoms with E-state index in [4.69, 9.17) is 9.82 Å². The van der Waals surface area contributed by atoms with E-state index < -0.39 is 0 Å². The highest BCUT2D eigenvalue weighted by Gasteiger charge is 2.42. The zero-order valence-electron chi connectivity index (χ0n) is 15.7. The summed E-state index contributed by atoms with van der Waals surface area (Å²) >= 11 is 0. The number of pyridine rings is 1. The van der Waals surface area contributed by atoms with Crippen molar-refractivity contribution in [3.8, 4) is 0 Å². The minimum atomic E-state index is -0.0566. The van der Waals surface area contributed by atoms with Gasteiger partial charge in [0.15, 0.2) is 5.65 Å². The second-order valence-corrected chi connectivity index (χ2v) is 8.28. The van der Waals surface area contributed by atoms with Crippen LogP contribution < -0.4 is 5.32 Å². The van der Waals surface area contributed by atoms with Crippen LogP contribution in [-0.4, -0.2) is 32.1 Å². The SMILES string of the molecule is Cc1nn(C)c2ncc(C3=NOC4(CCCC4)C3)c(NC3CCCC3)c12. The van der Waals surface area contributed by atoms with Crippen molar-refractivity contribution in [3.05, 3.63) is 17.5 Å². The molecule has 0 amide bonds. The molecule has 0 saturated heterocycles. The minimum absolute atomic E-state index is 0.0566. The molecule has 3 aliphatic rings. The summed E-state index contributed by atoms with van der Waals surface area (Å²) < 4.78 is 1.87. The monoisotopic (exact) mass is 353 g/mol. The van der Waals surface area contributed by atoms with Crippen LogP contribution in [0.15, 0.2) is 11.4 Å². The van der Waals surface area contributed by atoms with Gasteiger partial charge in [0.25, 0.3) is 0 Å². The maximum absolute atomic E-state index is 5.95. The number of nitrogens with one attached hydrogen (secondary N) is 1. The highest BCUT2D eigenvalue weighted by atomic mass is 16.7. The van der Waals surface area contributed by atoms with Crippen LogP contribution in [0.3, 0.4) is 0 Å². The Hall–Kier alpha value is -2.11. The lowest BCUT2D eigenvalue weighted by atomic mass is 9.92. The van der Waals surface area contributed by atoms with Crippen molar-refractivity contribution < 1.29 is 4.84 Å². The van der Waals surface area contributed by atoms with Crippen LogP contribution in [0.2, 0.25) is 0 Å². The lowest BCUT2D eigenvalue weighted by Crippen LogP contribution is -2.25. The highest BCUT2D eigenvalue weighted by molar-refractivity contribution is 6.11. The Balaban J connectivity index is 1.59. The van der Waals surface area contributed by atoms with E-state index in [0.717, 1.165) is 53.0 Å². The fourth-order valence-electron chi connectivity index (χ4n) is 5.01. The lowest BCUT2D eigenvalue weighted by molar-refractivity contribution is -0.0126. The fourth-order valence-corrected chi connectivity index (χ4v) is 5.01. The van der Waals surface area contributed by atoms with E-state index in [1.807, 2.05) is 17.9 Å². The van der Waals surface area contributed by atoms with Gasteiger partial charge in [-0.3, -0.25) is 4.68 Å². The van der Waals surface area contributed by atoms with Crippen LogP contribution in [0.25, 0.3) is 11.0 Å². The smallest absolute Gasteiger partial charge is 0.159 e. The molecule has 2 saturated carbocycles. The van der Waals surface area contributed by atoms with E-state index in [0.29, 0.717) is 6.04 Å². The van der Waals surface area contributed by atoms with E-state index in [-0.39, 0.29) is 5.60 Å². The summed E-state index contributed by atoms with van der Waals surface area (Å²) in [5.41, 5.74) is 5.20. The Bertz CT molecular complexity index is 872. The summed E-state index contributed by atoms with van der Waals surface area (Å²) in [6.07, 6.45) is 12.7. The van der Waals surface area contributed by atoms with Gasteiger partial charge in [0.1, 0.15) is 5.60 Å². The van der Waals surface area contributed by atoms with Crippen molar-refractivity contribution in [2.24, 2.45) is 12.2 Å². The Morgan fingerprint density at radius 2 is 1.96 bits per heavy atom. The minimum Gasteiger partial charge on any atom is -0.389 e. The molecular formula is C20H27N5O. The van der Waals surface area contributed by atoms with E-state index in [2.05, 4.69) is 22.5 Å². The molecule has 3 heterocycles. The Kier molecular flexibility index (Phi) is 3.69. The molecule has 2 fully saturated rings. The molecule has 6 nitrogen and oxygen atoms in total. The van der Waals surface area contributed by atoms with Gasteiger partial charge in [0.05, 0.1) is 22.5 Å². The van der Waals surface area contributed by atoms with Gasteiger partial charge >= 0.3 is 0 Å². The molecule has 138 valence electrons. The number of hydrogen-bond donors (Lipinski definition) is 1. The molecule has 1 N–H and O–H groups in total. The number of oxime groups is 1. The van der Waals surface area contributed by atoms with Gasteiger partial charge in [-0.15, -0.1) is 0 Å². The van der Waals surface area contributed by atoms with Crippen molar-refractivity contribution in [3.63, 3.8) is 0 Å². The van der Waals surface area contributed by atoms with Gasteiger partial charge in [-0.05, 0) is 45.4 Å². The molecule has 1 spiro atoms. The predicted molar refractivity (Wildman–Crippen MR) is 103 cm³/mol. The Labute approximate surface area is 154 Å². The molecule has 0 aromatic carbocycles. The number of nitrogens with zero attached hydrogens (tertiary/aromatic N) is 4.